The maximum Gasteiger partial charge on any atom is 0.234 e. The van der Waals surface area contributed by atoms with E-state index in [4.69, 9.17) is 9.72 Å². The molecule has 0 radical (unpaired) electrons. The Morgan fingerprint density at radius 1 is 1.15 bits per heavy atom. The summed E-state index contributed by atoms with van der Waals surface area (Å²) in [7, 11) is 1.65. The molecule has 0 atom stereocenters. The molecule has 1 amide bonds. The molecule has 0 aliphatic heterocycles. The number of aryl methyl sites for hydroxylation is 3. The first-order chi connectivity index (χ1) is 13.0. The molecule has 3 aromatic rings. The molecule has 0 spiro atoms. The van der Waals surface area contributed by atoms with Crippen LogP contribution in [0.3, 0.4) is 0 Å². The number of benzene rings is 2. The zero-order valence-corrected chi connectivity index (χ0v) is 16.9. The number of para-hydroxylation sites is 2. The van der Waals surface area contributed by atoms with Crippen molar-refractivity contribution in [3.63, 3.8) is 0 Å². The molecule has 1 N–H and O–H groups in total. The Balaban J connectivity index is 1.76. The van der Waals surface area contributed by atoms with Gasteiger partial charge in [-0.25, -0.2) is 4.98 Å². The van der Waals surface area contributed by atoms with E-state index < -0.39 is 0 Å². The lowest BCUT2D eigenvalue weighted by molar-refractivity contribution is -0.113. The van der Waals surface area contributed by atoms with Gasteiger partial charge in [-0.1, -0.05) is 49.0 Å². The van der Waals surface area contributed by atoms with Crippen molar-refractivity contribution in [1.82, 2.24) is 4.98 Å². The molecule has 0 saturated heterocycles. The maximum absolute atomic E-state index is 12.5. The van der Waals surface area contributed by atoms with Crippen molar-refractivity contribution in [1.29, 1.82) is 0 Å². The van der Waals surface area contributed by atoms with Gasteiger partial charge in [0, 0.05) is 11.1 Å². The van der Waals surface area contributed by atoms with E-state index in [9.17, 15) is 4.79 Å². The summed E-state index contributed by atoms with van der Waals surface area (Å²) in [6.07, 6.45) is 0.885. The van der Waals surface area contributed by atoms with Gasteiger partial charge in [0.15, 0.2) is 0 Å². The number of fused-ring (bicyclic) bond motifs is 1. The summed E-state index contributed by atoms with van der Waals surface area (Å²) in [5.74, 6) is 1.03. The van der Waals surface area contributed by atoms with E-state index in [0.717, 1.165) is 50.5 Å². The average Bonchev–Trinajstić information content (AvgIpc) is 2.67. The summed E-state index contributed by atoms with van der Waals surface area (Å²) in [5, 5.41) is 4.95. The van der Waals surface area contributed by atoms with Gasteiger partial charge in [-0.05, 0) is 49.1 Å². The number of hydrogen-bond donors (Lipinski definition) is 1. The molecule has 1 aromatic heterocycles. The second kappa shape index (κ2) is 8.44. The van der Waals surface area contributed by atoms with E-state index in [1.807, 2.05) is 43.3 Å². The molecule has 4 nitrogen and oxygen atoms in total. The van der Waals surface area contributed by atoms with Crippen LogP contribution in [-0.2, 0) is 11.2 Å². The second-order valence-corrected chi connectivity index (χ2v) is 7.43. The standard InChI is InChI=1S/C22H24N2O2S/c1-5-16-9-6-8-14(2)21(16)23-19(25)13-27-20-12-15(3)17-10-7-11-18(26-4)22(17)24-20/h6-12H,5,13H2,1-4H3,(H,23,25). The number of carbonyl (C=O) groups excluding carboxylic acids is 1. The van der Waals surface area contributed by atoms with Gasteiger partial charge in [0.2, 0.25) is 5.91 Å². The number of aromatic nitrogens is 1. The molecule has 27 heavy (non-hydrogen) atoms. The quantitative estimate of drug-likeness (QED) is 0.601. The third-order valence-corrected chi connectivity index (χ3v) is 5.47. The molecular weight excluding hydrogens is 356 g/mol. The summed E-state index contributed by atoms with van der Waals surface area (Å²) in [6, 6.07) is 14.0. The Bertz CT molecular complexity index is 985. The van der Waals surface area contributed by atoms with Crippen LogP contribution in [0.15, 0.2) is 47.5 Å². The minimum absolute atomic E-state index is 0.0245. The van der Waals surface area contributed by atoms with Crippen LogP contribution in [0.5, 0.6) is 5.75 Å². The molecule has 1 heterocycles. The van der Waals surface area contributed by atoms with Crippen LogP contribution in [-0.4, -0.2) is 23.8 Å². The number of nitrogens with zero attached hydrogens (tertiary/aromatic N) is 1. The van der Waals surface area contributed by atoms with Gasteiger partial charge in [0.1, 0.15) is 11.3 Å². The van der Waals surface area contributed by atoms with Crippen molar-refractivity contribution in [3.05, 3.63) is 59.2 Å². The zero-order valence-electron chi connectivity index (χ0n) is 16.1. The average molecular weight is 381 g/mol. The van der Waals surface area contributed by atoms with E-state index in [-0.39, 0.29) is 5.91 Å². The monoisotopic (exact) mass is 380 g/mol. The van der Waals surface area contributed by atoms with Gasteiger partial charge in [-0.3, -0.25) is 4.79 Å². The first-order valence-corrected chi connectivity index (χ1v) is 9.97. The Hall–Kier alpha value is -2.53. The van der Waals surface area contributed by atoms with Crippen molar-refractivity contribution >= 4 is 34.3 Å². The first kappa shape index (κ1) is 19.2. The Kier molecular flexibility index (Phi) is 6.01. The van der Waals surface area contributed by atoms with Crippen molar-refractivity contribution in [2.75, 3.05) is 18.2 Å². The Morgan fingerprint density at radius 3 is 2.67 bits per heavy atom. The van der Waals surface area contributed by atoms with Gasteiger partial charge >= 0.3 is 0 Å². The van der Waals surface area contributed by atoms with Crippen molar-refractivity contribution in [3.8, 4) is 5.75 Å². The molecular formula is C22H24N2O2S. The fraction of sp³-hybridized carbons (Fsp3) is 0.273. The van der Waals surface area contributed by atoms with Crippen LogP contribution in [0.25, 0.3) is 10.9 Å². The summed E-state index contributed by atoms with van der Waals surface area (Å²) >= 11 is 1.44. The number of carbonyl (C=O) groups is 1. The summed E-state index contributed by atoms with van der Waals surface area (Å²) in [4.78, 5) is 17.2. The molecule has 0 saturated carbocycles. The van der Waals surface area contributed by atoms with Crippen LogP contribution in [0.2, 0.25) is 0 Å². The number of anilines is 1. The Labute approximate surface area is 164 Å². The fourth-order valence-corrected chi connectivity index (χ4v) is 3.88. The normalized spacial score (nSPS) is 10.8. The number of pyridine rings is 1. The minimum atomic E-state index is -0.0245. The van der Waals surface area contributed by atoms with E-state index in [0.29, 0.717) is 5.75 Å². The van der Waals surface area contributed by atoms with E-state index in [1.54, 1.807) is 7.11 Å². The van der Waals surface area contributed by atoms with Gasteiger partial charge in [0.05, 0.1) is 17.9 Å². The predicted octanol–water partition coefficient (Wildman–Crippen LogP) is 5.15. The summed E-state index contributed by atoms with van der Waals surface area (Å²) in [5.41, 5.74) is 5.11. The minimum Gasteiger partial charge on any atom is -0.494 e. The van der Waals surface area contributed by atoms with Crippen molar-refractivity contribution in [2.45, 2.75) is 32.2 Å². The molecule has 0 bridgehead atoms. The van der Waals surface area contributed by atoms with Crippen molar-refractivity contribution in [2.24, 2.45) is 0 Å². The second-order valence-electron chi connectivity index (χ2n) is 6.43. The number of thioether (sulfide) groups is 1. The smallest absolute Gasteiger partial charge is 0.234 e. The van der Waals surface area contributed by atoms with Gasteiger partial charge in [-0.2, -0.15) is 0 Å². The van der Waals surface area contributed by atoms with Crippen molar-refractivity contribution < 1.29 is 9.53 Å². The van der Waals surface area contributed by atoms with E-state index >= 15 is 0 Å². The van der Waals surface area contributed by atoms with Gasteiger partial charge < -0.3 is 10.1 Å². The highest BCUT2D eigenvalue weighted by Gasteiger charge is 2.12. The van der Waals surface area contributed by atoms with Crippen LogP contribution < -0.4 is 10.1 Å². The third kappa shape index (κ3) is 4.25. The lowest BCUT2D eigenvalue weighted by Crippen LogP contribution is -2.16. The molecule has 3 rings (SSSR count). The third-order valence-electron chi connectivity index (χ3n) is 4.56. The molecule has 140 valence electrons. The Morgan fingerprint density at radius 2 is 1.93 bits per heavy atom. The van der Waals surface area contributed by atoms with Crippen LogP contribution in [0.4, 0.5) is 5.69 Å². The maximum atomic E-state index is 12.5. The molecule has 0 aliphatic carbocycles. The SMILES string of the molecule is CCc1cccc(C)c1NC(=O)CSc1cc(C)c2cccc(OC)c2n1. The predicted molar refractivity (Wildman–Crippen MR) is 113 cm³/mol. The van der Waals surface area contributed by atoms with Crippen LogP contribution in [0.1, 0.15) is 23.6 Å². The van der Waals surface area contributed by atoms with E-state index in [2.05, 4.69) is 25.2 Å². The van der Waals surface area contributed by atoms with Gasteiger partial charge in [0.25, 0.3) is 0 Å². The summed E-state index contributed by atoms with van der Waals surface area (Å²) in [6.45, 7) is 6.16. The lowest BCUT2D eigenvalue weighted by Gasteiger charge is -2.13. The highest BCUT2D eigenvalue weighted by molar-refractivity contribution is 7.99. The van der Waals surface area contributed by atoms with Crippen LogP contribution in [0, 0.1) is 13.8 Å². The molecule has 0 unspecified atom stereocenters. The number of nitrogens with one attached hydrogen (secondary N) is 1. The van der Waals surface area contributed by atoms with Gasteiger partial charge in [-0.15, -0.1) is 0 Å². The van der Waals surface area contributed by atoms with Crippen LogP contribution >= 0.6 is 11.8 Å². The zero-order chi connectivity index (χ0) is 19.4. The molecule has 5 heteroatoms. The highest BCUT2D eigenvalue weighted by Crippen LogP contribution is 2.30. The summed E-state index contributed by atoms with van der Waals surface area (Å²) < 4.78 is 5.43. The number of methoxy groups -OCH3 is 1. The first-order valence-electron chi connectivity index (χ1n) is 8.99. The number of rotatable bonds is 6. The highest BCUT2D eigenvalue weighted by atomic mass is 32.2. The fourth-order valence-electron chi connectivity index (χ4n) is 3.12. The molecule has 2 aromatic carbocycles. The molecule has 0 fully saturated rings. The topological polar surface area (TPSA) is 51.2 Å². The lowest BCUT2D eigenvalue weighted by atomic mass is 10.1. The number of ether oxygens (including phenoxy) is 1. The largest absolute Gasteiger partial charge is 0.494 e. The number of amides is 1. The number of hydrogen-bond acceptors (Lipinski definition) is 4. The molecule has 0 aliphatic rings. The van der Waals surface area contributed by atoms with E-state index in [1.165, 1.54) is 11.8 Å².